The largest absolute Gasteiger partial charge is 0.329 e. The number of carbonyl (C=O) groups excluding carboxylic acids is 2. The van der Waals surface area contributed by atoms with Gasteiger partial charge in [0, 0.05) is 24.5 Å². The summed E-state index contributed by atoms with van der Waals surface area (Å²) in [7, 11) is 0. The number of hydrogen-bond acceptors (Lipinski definition) is 4. The predicted octanol–water partition coefficient (Wildman–Crippen LogP) is 0.445. The zero-order valence-electron chi connectivity index (χ0n) is 6.90. The van der Waals surface area contributed by atoms with E-state index in [1.807, 2.05) is 5.38 Å². The maximum Gasteiger partial charge on any atom is 0.290 e. The molecule has 0 N–H and O–H groups in total. The Morgan fingerprint density at radius 1 is 1.54 bits per heavy atom. The minimum Gasteiger partial charge on any atom is -0.329 e. The van der Waals surface area contributed by atoms with Crippen molar-refractivity contribution in [1.29, 1.82) is 0 Å². The molecule has 1 aromatic rings. The molecule has 0 bridgehead atoms. The zero-order chi connectivity index (χ0) is 9.26. The van der Waals surface area contributed by atoms with Crippen LogP contribution in [-0.4, -0.2) is 28.1 Å². The summed E-state index contributed by atoms with van der Waals surface area (Å²) in [6.07, 6.45) is 2.05. The molecule has 2 heterocycles. The van der Waals surface area contributed by atoms with Gasteiger partial charge >= 0.3 is 0 Å². The van der Waals surface area contributed by atoms with Crippen molar-refractivity contribution in [3.8, 4) is 0 Å². The predicted molar refractivity (Wildman–Crippen MR) is 47.2 cm³/mol. The number of Topliss-reactive ketones (excluding diaryl/α,β-unsaturated/α-hetero) is 1. The molecule has 0 atom stereocenters. The second-order valence-electron chi connectivity index (χ2n) is 2.83. The Balaban J connectivity index is 2.04. The lowest BCUT2D eigenvalue weighted by Crippen LogP contribution is -2.26. The molecule has 1 amide bonds. The molecule has 1 fully saturated rings. The fourth-order valence-electron chi connectivity index (χ4n) is 1.27. The van der Waals surface area contributed by atoms with Gasteiger partial charge in [-0.2, -0.15) is 0 Å². The van der Waals surface area contributed by atoms with Gasteiger partial charge in [0.25, 0.3) is 5.91 Å². The highest BCUT2D eigenvalue weighted by atomic mass is 32.1. The second-order valence-corrected chi connectivity index (χ2v) is 3.80. The van der Waals surface area contributed by atoms with E-state index in [0.717, 1.165) is 5.01 Å². The molecule has 0 saturated carbocycles. The molecule has 0 spiro atoms. The first-order chi connectivity index (χ1) is 6.27. The fourth-order valence-corrected chi connectivity index (χ4v) is 1.90. The van der Waals surface area contributed by atoms with Crippen molar-refractivity contribution >= 4 is 23.0 Å². The molecule has 68 valence electrons. The molecular weight excluding hydrogens is 188 g/mol. The highest BCUT2D eigenvalue weighted by Gasteiger charge is 2.29. The Hall–Kier alpha value is -1.23. The monoisotopic (exact) mass is 196 g/mol. The summed E-state index contributed by atoms with van der Waals surface area (Å²) in [5, 5.41) is 2.74. The number of hydrogen-bond donors (Lipinski definition) is 0. The number of nitrogens with zero attached hydrogens (tertiary/aromatic N) is 2. The van der Waals surface area contributed by atoms with Crippen LogP contribution in [0.2, 0.25) is 0 Å². The maximum atomic E-state index is 11.2. The quantitative estimate of drug-likeness (QED) is 0.645. The summed E-state index contributed by atoms with van der Waals surface area (Å²) >= 11 is 1.50. The Labute approximate surface area is 79.2 Å². The molecule has 1 saturated heterocycles. The summed E-state index contributed by atoms with van der Waals surface area (Å²) in [5.41, 5.74) is 0. The molecule has 1 aliphatic rings. The van der Waals surface area contributed by atoms with Gasteiger partial charge in [-0.1, -0.05) is 0 Å². The number of thiazole rings is 1. The van der Waals surface area contributed by atoms with Crippen molar-refractivity contribution < 1.29 is 9.59 Å². The Kier molecular flexibility index (Phi) is 2.10. The molecule has 13 heavy (non-hydrogen) atoms. The van der Waals surface area contributed by atoms with Crippen molar-refractivity contribution in [3.63, 3.8) is 0 Å². The van der Waals surface area contributed by atoms with Crippen molar-refractivity contribution in [2.45, 2.75) is 13.0 Å². The third kappa shape index (κ3) is 1.60. The average Bonchev–Trinajstić information content (AvgIpc) is 2.71. The Bertz CT molecular complexity index is 334. The van der Waals surface area contributed by atoms with E-state index in [-0.39, 0.29) is 11.7 Å². The molecule has 2 rings (SSSR count). The van der Waals surface area contributed by atoms with Crippen LogP contribution < -0.4 is 0 Å². The molecular formula is C8H8N2O2S. The van der Waals surface area contributed by atoms with Crippen molar-refractivity contribution in [2.75, 3.05) is 6.54 Å². The molecule has 5 heteroatoms. The van der Waals surface area contributed by atoms with E-state index >= 15 is 0 Å². The number of ketones is 1. The smallest absolute Gasteiger partial charge is 0.290 e. The van der Waals surface area contributed by atoms with Crippen molar-refractivity contribution in [3.05, 3.63) is 16.6 Å². The van der Waals surface area contributed by atoms with Gasteiger partial charge in [0.15, 0.2) is 0 Å². The number of aromatic nitrogens is 1. The van der Waals surface area contributed by atoms with E-state index in [2.05, 4.69) is 4.98 Å². The minimum absolute atomic E-state index is 0.281. The molecule has 0 aliphatic carbocycles. The molecule has 1 aromatic heterocycles. The van der Waals surface area contributed by atoms with Gasteiger partial charge < -0.3 is 4.90 Å². The van der Waals surface area contributed by atoms with Gasteiger partial charge in [-0.05, 0) is 0 Å². The van der Waals surface area contributed by atoms with E-state index in [1.54, 1.807) is 11.1 Å². The van der Waals surface area contributed by atoms with Crippen LogP contribution in [0.3, 0.4) is 0 Å². The highest BCUT2D eigenvalue weighted by Crippen LogP contribution is 2.13. The van der Waals surface area contributed by atoms with Gasteiger partial charge in [-0.25, -0.2) is 4.98 Å². The van der Waals surface area contributed by atoms with E-state index in [4.69, 9.17) is 0 Å². The van der Waals surface area contributed by atoms with Gasteiger partial charge in [-0.3, -0.25) is 9.59 Å². The third-order valence-electron chi connectivity index (χ3n) is 1.94. The number of carbonyl (C=O) groups is 2. The lowest BCUT2D eigenvalue weighted by Gasteiger charge is -2.11. The standard InChI is InChI=1S/C8H8N2O2S/c11-6-1-3-10(8(6)12)5-7-9-2-4-13-7/h2,4H,1,3,5H2. The average molecular weight is 196 g/mol. The summed E-state index contributed by atoms with van der Waals surface area (Å²) in [4.78, 5) is 27.7. The van der Waals surface area contributed by atoms with E-state index in [1.165, 1.54) is 11.3 Å². The van der Waals surface area contributed by atoms with E-state index in [9.17, 15) is 9.59 Å². The van der Waals surface area contributed by atoms with Crippen molar-refractivity contribution in [2.24, 2.45) is 0 Å². The van der Waals surface area contributed by atoms with Gasteiger partial charge in [0.05, 0.1) is 6.54 Å². The second kappa shape index (κ2) is 3.26. The topological polar surface area (TPSA) is 50.3 Å². The Morgan fingerprint density at radius 3 is 2.92 bits per heavy atom. The fraction of sp³-hybridized carbons (Fsp3) is 0.375. The molecule has 1 aliphatic heterocycles. The molecule has 0 radical (unpaired) electrons. The van der Waals surface area contributed by atoms with Crippen LogP contribution in [0, 0.1) is 0 Å². The highest BCUT2D eigenvalue weighted by molar-refractivity contribution is 7.09. The number of likely N-dealkylation sites (tertiary alicyclic amines) is 1. The zero-order valence-corrected chi connectivity index (χ0v) is 7.71. The van der Waals surface area contributed by atoms with Gasteiger partial charge in [0.1, 0.15) is 5.01 Å². The SMILES string of the molecule is O=C1CCN(Cc2nccs2)C1=O. The first kappa shape index (κ1) is 8.37. The summed E-state index contributed by atoms with van der Waals surface area (Å²) in [6.45, 7) is 1.01. The summed E-state index contributed by atoms with van der Waals surface area (Å²) in [6, 6.07) is 0. The normalized spacial score (nSPS) is 17.1. The summed E-state index contributed by atoms with van der Waals surface area (Å²) in [5.74, 6) is -0.647. The van der Waals surface area contributed by atoms with Crippen molar-refractivity contribution in [1.82, 2.24) is 9.88 Å². The van der Waals surface area contributed by atoms with Crippen LogP contribution >= 0.6 is 11.3 Å². The van der Waals surface area contributed by atoms with Gasteiger partial charge in [0.2, 0.25) is 5.78 Å². The minimum atomic E-state index is -0.366. The van der Waals surface area contributed by atoms with Gasteiger partial charge in [-0.15, -0.1) is 11.3 Å². The number of amides is 1. The van der Waals surface area contributed by atoms with E-state index in [0.29, 0.717) is 19.5 Å². The lowest BCUT2D eigenvalue weighted by atomic mass is 10.3. The number of rotatable bonds is 2. The maximum absolute atomic E-state index is 11.2. The summed E-state index contributed by atoms with van der Waals surface area (Å²) < 4.78 is 0. The van der Waals surface area contributed by atoms with E-state index < -0.39 is 0 Å². The molecule has 0 aromatic carbocycles. The lowest BCUT2D eigenvalue weighted by molar-refractivity contribution is -0.140. The van der Waals surface area contributed by atoms with Crippen LogP contribution in [0.15, 0.2) is 11.6 Å². The van der Waals surface area contributed by atoms with Crippen LogP contribution in [0.25, 0.3) is 0 Å². The first-order valence-corrected chi connectivity index (χ1v) is 4.86. The first-order valence-electron chi connectivity index (χ1n) is 3.98. The molecule has 0 unspecified atom stereocenters. The van der Waals surface area contributed by atoms with Crippen LogP contribution in [0.5, 0.6) is 0 Å². The molecule has 4 nitrogen and oxygen atoms in total. The van der Waals surface area contributed by atoms with Crippen LogP contribution in [-0.2, 0) is 16.1 Å². The van der Waals surface area contributed by atoms with Crippen LogP contribution in [0.1, 0.15) is 11.4 Å². The van der Waals surface area contributed by atoms with Crippen LogP contribution in [0.4, 0.5) is 0 Å². The Morgan fingerprint density at radius 2 is 2.38 bits per heavy atom. The third-order valence-corrected chi connectivity index (χ3v) is 2.71.